The summed E-state index contributed by atoms with van der Waals surface area (Å²) in [6.45, 7) is 4.82. The first kappa shape index (κ1) is 15.5. The number of ether oxygens (including phenoxy) is 1. The smallest absolute Gasteiger partial charge is 0.304 e. The standard InChI is InChI=1S/C13H18O5S/c1-8-6-12(9(2)5-11(8)18-4)19(16,17)10(3)7-13(14)15/h5-6,10H,7H2,1-4H3,(H,14,15). The summed E-state index contributed by atoms with van der Waals surface area (Å²) < 4.78 is 29.8. The van der Waals surface area contributed by atoms with Crippen LogP contribution in [0.2, 0.25) is 0 Å². The van der Waals surface area contributed by atoms with Crippen LogP contribution in [0.4, 0.5) is 0 Å². The molecule has 0 saturated carbocycles. The molecule has 0 fully saturated rings. The van der Waals surface area contributed by atoms with Crippen molar-refractivity contribution in [3.63, 3.8) is 0 Å². The topological polar surface area (TPSA) is 80.7 Å². The van der Waals surface area contributed by atoms with Gasteiger partial charge in [0.15, 0.2) is 9.84 Å². The van der Waals surface area contributed by atoms with Crippen molar-refractivity contribution in [1.82, 2.24) is 0 Å². The number of methoxy groups -OCH3 is 1. The number of carbonyl (C=O) groups is 1. The molecular formula is C13H18O5S. The monoisotopic (exact) mass is 286 g/mol. The first-order valence-electron chi connectivity index (χ1n) is 5.81. The van der Waals surface area contributed by atoms with Gasteiger partial charge in [-0.05, 0) is 44.0 Å². The molecule has 0 aromatic heterocycles. The average molecular weight is 286 g/mol. The highest BCUT2D eigenvalue weighted by atomic mass is 32.2. The van der Waals surface area contributed by atoms with Gasteiger partial charge in [-0.3, -0.25) is 4.79 Å². The largest absolute Gasteiger partial charge is 0.496 e. The third kappa shape index (κ3) is 3.26. The van der Waals surface area contributed by atoms with Gasteiger partial charge in [0.1, 0.15) is 5.75 Å². The molecule has 0 amide bonds. The van der Waals surface area contributed by atoms with Gasteiger partial charge in [0.05, 0.1) is 23.7 Å². The summed E-state index contributed by atoms with van der Waals surface area (Å²) in [6.07, 6.45) is -0.410. The molecule has 106 valence electrons. The van der Waals surface area contributed by atoms with Crippen LogP contribution in [0.3, 0.4) is 0 Å². The van der Waals surface area contributed by atoms with Crippen LogP contribution >= 0.6 is 0 Å². The first-order valence-corrected chi connectivity index (χ1v) is 7.35. The van der Waals surface area contributed by atoms with Crippen LogP contribution in [-0.2, 0) is 14.6 Å². The summed E-state index contributed by atoms with van der Waals surface area (Å²) in [5, 5.41) is 7.75. The van der Waals surface area contributed by atoms with Gasteiger partial charge in [-0.25, -0.2) is 8.42 Å². The number of aryl methyl sites for hydroxylation is 2. The normalized spacial score (nSPS) is 13.1. The maximum Gasteiger partial charge on any atom is 0.304 e. The number of aliphatic carboxylic acids is 1. The fourth-order valence-corrected chi connectivity index (χ4v) is 3.51. The molecule has 0 heterocycles. The molecule has 1 aromatic carbocycles. The van der Waals surface area contributed by atoms with E-state index in [2.05, 4.69) is 0 Å². The van der Waals surface area contributed by atoms with Crippen LogP contribution in [0.25, 0.3) is 0 Å². The maximum atomic E-state index is 12.3. The highest BCUT2D eigenvalue weighted by Gasteiger charge is 2.27. The number of hydrogen-bond acceptors (Lipinski definition) is 4. The van der Waals surface area contributed by atoms with E-state index in [-0.39, 0.29) is 4.90 Å². The van der Waals surface area contributed by atoms with Crippen molar-refractivity contribution in [3.8, 4) is 5.75 Å². The van der Waals surface area contributed by atoms with Crippen LogP contribution in [0.1, 0.15) is 24.5 Å². The van der Waals surface area contributed by atoms with E-state index in [0.29, 0.717) is 16.9 Å². The molecular weight excluding hydrogens is 268 g/mol. The quantitative estimate of drug-likeness (QED) is 0.894. The molecule has 0 bridgehead atoms. The Morgan fingerprint density at radius 2 is 1.89 bits per heavy atom. The second-order valence-electron chi connectivity index (χ2n) is 4.54. The van der Waals surface area contributed by atoms with E-state index in [9.17, 15) is 13.2 Å². The summed E-state index contributed by atoms with van der Waals surface area (Å²) in [6, 6.07) is 3.18. The Morgan fingerprint density at radius 3 is 2.37 bits per heavy atom. The first-order chi connectivity index (χ1) is 8.70. The SMILES string of the molecule is COc1cc(C)c(S(=O)(=O)C(C)CC(=O)O)cc1C. The van der Waals surface area contributed by atoms with E-state index in [1.165, 1.54) is 20.1 Å². The molecule has 1 aromatic rings. The molecule has 1 rings (SSSR count). The third-order valence-electron chi connectivity index (χ3n) is 2.99. The molecule has 19 heavy (non-hydrogen) atoms. The zero-order valence-corrected chi connectivity index (χ0v) is 12.2. The second-order valence-corrected chi connectivity index (χ2v) is 6.88. The summed E-state index contributed by atoms with van der Waals surface area (Å²) in [5.74, 6) is -0.513. The van der Waals surface area contributed by atoms with Gasteiger partial charge in [0.2, 0.25) is 0 Å². The lowest BCUT2D eigenvalue weighted by Crippen LogP contribution is -2.22. The molecule has 0 aliphatic carbocycles. The number of carboxylic acids is 1. The van der Waals surface area contributed by atoms with E-state index in [4.69, 9.17) is 9.84 Å². The molecule has 0 spiro atoms. The molecule has 0 aliphatic rings. The van der Waals surface area contributed by atoms with Crippen molar-refractivity contribution >= 4 is 15.8 Å². The zero-order valence-electron chi connectivity index (χ0n) is 11.4. The summed E-state index contributed by atoms with van der Waals surface area (Å²) in [4.78, 5) is 10.8. The lowest BCUT2D eigenvalue weighted by molar-refractivity contribution is -0.136. The predicted octanol–water partition coefficient (Wildman–Crippen LogP) is 1.95. The number of hydrogen-bond donors (Lipinski definition) is 1. The second kappa shape index (κ2) is 5.61. The van der Waals surface area contributed by atoms with E-state index in [1.54, 1.807) is 19.9 Å². The van der Waals surface area contributed by atoms with Crippen LogP contribution in [0.5, 0.6) is 5.75 Å². The van der Waals surface area contributed by atoms with Gasteiger partial charge in [0.25, 0.3) is 0 Å². The van der Waals surface area contributed by atoms with Crippen LogP contribution < -0.4 is 4.74 Å². The number of benzene rings is 1. The third-order valence-corrected chi connectivity index (χ3v) is 5.27. The minimum atomic E-state index is -3.65. The van der Waals surface area contributed by atoms with E-state index < -0.39 is 27.5 Å². The van der Waals surface area contributed by atoms with Gasteiger partial charge in [0, 0.05) is 0 Å². The Balaban J connectivity index is 3.29. The molecule has 1 N–H and O–H groups in total. The zero-order chi connectivity index (χ0) is 14.8. The maximum absolute atomic E-state index is 12.3. The Hall–Kier alpha value is -1.56. The van der Waals surface area contributed by atoms with Gasteiger partial charge in [-0.1, -0.05) is 0 Å². The van der Waals surface area contributed by atoms with Crippen LogP contribution in [-0.4, -0.2) is 31.9 Å². The van der Waals surface area contributed by atoms with Gasteiger partial charge in [-0.15, -0.1) is 0 Å². The Bertz CT molecular complexity index is 589. The fourth-order valence-electron chi connectivity index (χ4n) is 1.86. The van der Waals surface area contributed by atoms with E-state index >= 15 is 0 Å². The lowest BCUT2D eigenvalue weighted by Gasteiger charge is -2.15. The molecule has 0 saturated heterocycles. The molecule has 0 radical (unpaired) electrons. The minimum absolute atomic E-state index is 0.166. The van der Waals surface area contributed by atoms with Crippen LogP contribution in [0, 0.1) is 13.8 Å². The minimum Gasteiger partial charge on any atom is -0.496 e. The van der Waals surface area contributed by atoms with Crippen molar-refractivity contribution in [3.05, 3.63) is 23.3 Å². The summed E-state index contributed by atoms with van der Waals surface area (Å²) >= 11 is 0. The summed E-state index contributed by atoms with van der Waals surface area (Å²) in [5.41, 5.74) is 1.26. The average Bonchev–Trinajstić information content (AvgIpc) is 2.30. The van der Waals surface area contributed by atoms with Crippen LogP contribution in [0.15, 0.2) is 17.0 Å². The van der Waals surface area contributed by atoms with Crippen molar-refractivity contribution < 1.29 is 23.1 Å². The lowest BCUT2D eigenvalue weighted by atomic mass is 10.1. The Kier molecular flexibility index (Phi) is 4.57. The Labute approximate surface area is 113 Å². The van der Waals surface area contributed by atoms with Gasteiger partial charge in [-0.2, -0.15) is 0 Å². The molecule has 1 unspecified atom stereocenters. The highest BCUT2D eigenvalue weighted by Crippen LogP contribution is 2.28. The van der Waals surface area contributed by atoms with E-state index in [1.807, 2.05) is 0 Å². The molecule has 0 aliphatic heterocycles. The van der Waals surface area contributed by atoms with Crippen molar-refractivity contribution in [1.29, 1.82) is 0 Å². The van der Waals surface area contributed by atoms with Gasteiger partial charge < -0.3 is 9.84 Å². The fraction of sp³-hybridized carbons (Fsp3) is 0.462. The van der Waals surface area contributed by atoms with Gasteiger partial charge >= 0.3 is 5.97 Å². The van der Waals surface area contributed by atoms with Crippen molar-refractivity contribution in [2.75, 3.05) is 7.11 Å². The number of sulfone groups is 1. The summed E-state index contributed by atoms with van der Waals surface area (Å²) in [7, 11) is -2.13. The molecule has 1 atom stereocenters. The number of carboxylic acid groups (broad SMARTS) is 1. The highest BCUT2D eigenvalue weighted by molar-refractivity contribution is 7.92. The van der Waals surface area contributed by atoms with Crippen molar-refractivity contribution in [2.24, 2.45) is 0 Å². The molecule has 6 heteroatoms. The van der Waals surface area contributed by atoms with E-state index in [0.717, 1.165) is 0 Å². The Morgan fingerprint density at radius 1 is 1.32 bits per heavy atom. The number of rotatable bonds is 5. The van der Waals surface area contributed by atoms with Crippen molar-refractivity contribution in [2.45, 2.75) is 37.3 Å². The predicted molar refractivity (Wildman–Crippen MR) is 71.4 cm³/mol. The molecule has 5 nitrogen and oxygen atoms in total.